The summed E-state index contributed by atoms with van der Waals surface area (Å²) in [6.07, 6.45) is 1.99. The van der Waals surface area contributed by atoms with E-state index < -0.39 is 11.9 Å². The highest BCUT2D eigenvalue weighted by Gasteiger charge is 2.36. The van der Waals surface area contributed by atoms with Gasteiger partial charge in [0.1, 0.15) is 5.92 Å². The number of fused-ring (bicyclic) bond motifs is 1. The number of thioether (sulfide) groups is 1. The van der Waals surface area contributed by atoms with Crippen LogP contribution in [0.3, 0.4) is 0 Å². The summed E-state index contributed by atoms with van der Waals surface area (Å²) in [6, 6.07) is 6.93. The van der Waals surface area contributed by atoms with Crippen LogP contribution in [-0.2, 0) is 4.79 Å². The molecule has 0 fully saturated rings. The van der Waals surface area contributed by atoms with E-state index in [2.05, 4.69) is 5.32 Å². The first kappa shape index (κ1) is 14.7. The number of hydrogen-bond donors (Lipinski definition) is 2. The molecule has 1 heterocycles. The highest BCUT2D eigenvalue weighted by atomic mass is 32.2. The summed E-state index contributed by atoms with van der Waals surface area (Å²) in [5.41, 5.74) is 1.39. The van der Waals surface area contributed by atoms with Gasteiger partial charge in [0.05, 0.1) is 0 Å². The molecule has 2 atom stereocenters. The van der Waals surface area contributed by atoms with Crippen molar-refractivity contribution in [3.63, 3.8) is 0 Å². The van der Waals surface area contributed by atoms with E-state index in [1.807, 2.05) is 19.2 Å². The van der Waals surface area contributed by atoms with E-state index in [1.54, 1.807) is 30.0 Å². The fraction of sp³-hybridized carbons (Fsp3) is 0.429. The number of anilines is 1. The molecule has 1 aliphatic rings. The van der Waals surface area contributed by atoms with E-state index in [4.69, 9.17) is 0 Å². The van der Waals surface area contributed by atoms with E-state index in [0.717, 1.165) is 0 Å². The molecule has 5 nitrogen and oxygen atoms in total. The lowest BCUT2D eigenvalue weighted by Gasteiger charge is -2.19. The third-order valence-corrected chi connectivity index (χ3v) is 4.43. The van der Waals surface area contributed by atoms with Crippen LogP contribution >= 0.6 is 11.8 Å². The Labute approximate surface area is 122 Å². The number of rotatable bonds is 4. The SMILES string of the molecule is CSC(C)CNC(=O)N1CC(C(=O)O)c2ccccc21. The lowest BCUT2D eigenvalue weighted by atomic mass is 10.0. The molecule has 0 aromatic heterocycles. The summed E-state index contributed by atoms with van der Waals surface area (Å²) in [7, 11) is 0. The molecule has 0 spiro atoms. The summed E-state index contributed by atoms with van der Waals surface area (Å²) in [5, 5.41) is 12.4. The number of aliphatic carboxylic acids is 1. The van der Waals surface area contributed by atoms with E-state index in [-0.39, 0.29) is 12.6 Å². The van der Waals surface area contributed by atoms with Crippen LogP contribution in [0.15, 0.2) is 24.3 Å². The second-order valence-electron chi connectivity index (χ2n) is 4.79. The van der Waals surface area contributed by atoms with Gasteiger partial charge in [0.15, 0.2) is 0 Å². The quantitative estimate of drug-likeness (QED) is 0.892. The van der Waals surface area contributed by atoms with Crippen molar-refractivity contribution in [2.45, 2.75) is 18.1 Å². The number of urea groups is 1. The largest absolute Gasteiger partial charge is 0.481 e. The van der Waals surface area contributed by atoms with E-state index >= 15 is 0 Å². The zero-order chi connectivity index (χ0) is 14.7. The summed E-state index contributed by atoms with van der Waals surface area (Å²) < 4.78 is 0. The first-order valence-electron chi connectivity index (χ1n) is 6.44. The molecule has 2 rings (SSSR count). The van der Waals surface area contributed by atoms with Gasteiger partial charge in [-0.1, -0.05) is 25.1 Å². The number of carboxylic acids is 1. The molecule has 6 heteroatoms. The Morgan fingerprint density at radius 3 is 2.85 bits per heavy atom. The molecule has 2 N–H and O–H groups in total. The van der Waals surface area contributed by atoms with E-state index in [1.165, 1.54) is 4.90 Å². The van der Waals surface area contributed by atoms with Crippen molar-refractivity contribution < 1.29 is 14.7 Å². The lowest BCUT2D eigenvalue weighted by Crippen LogP contribution is -2.42. The van der Waals surface area contributed by atoms with Crippen molar-refractivity contribution in [1.82, 2.24) is 5.32 Å². The average molecular weight is 294 g/mol. The molecule has 0 bridgehead atoms. The van der Waals surface area contributed by atoms with E-state index in [0.29, 0.717) is 23.0 Å². The number of hydrogen-bond acceptors (Lipinski definition) is 3. The molecule has 1 aromatic carbocycles. The number of nitrogens with one attached hydrogen (secondary N) is 1. The first-order chi connectivity index (χ1) is 9.54. The number of carbonyl (C=O) groups is 2. The predicted molar refractivity (Wildman–Crippen MR) is 80.5 cm³/mol. The molecule has 1 aromatic rings. The topological polar surface area (TPSA) is 69.6 Å². The van der Waals surface area contributed by atoms with Crippen molar-refractivity contribution in [2.24, 2.45) is 0 Å². The minimum atomic E-state index is -0.898. The Morgan fingerprint density at radius 2 is 2.20 bits per heavy atom. The second-order valence-corrected chi connectivity index (χ2v) is 6.07. The van der Waals surface area contributed by atoms with Crippen LogP contribution in [0.5, 0.6) is 0 Å². The van der Waals surface area contributed by atoms with Crippen LogP contribution < -0.4 is 10.2 Å². The Kier molecular flexibility index (Phi) is 4.54. The molecular formula is C14H18N2O3S. The Morgan fingerprint density at radius 1 is 1.50 bits per heavy atom. The normalized spacial score (nSPS) is 18.5. The van der Waals surface area contributed by atoms with Gasteiger partial charge in [0.2, 0.25) is 0 Å². The fourth-order valence-corrected chi connectivity index (χ4v) is 2.47. The summed E-state index contributed by atoms with van der Waals surface area (Å²) in [5.74, 6) is -1.54. The molecule has 2 amide bonds. The maximum absolute atomic E-state index is 12.2. The number of carboxylic acid groups (broad SMARTS) is 1. The standard InChI is InChI=1S/C14H18N2O3S/c1-9(20-2)7-15-14(19)16-8-11(13(17)18)10-5-3-4-6-12(10)16/h3-6,9,11H,7-8H2,1-2H3,(H,15,19)(H,17,18). The smallest absolute Gasteiger partial charge is 0.321 e. The van der Waals surface area contributed by atoms with Crippen molar-refractivity contribution in [3.05, 3.63) is 29.8 Å². The maximum Gasteiger partial charge on any atom is 0.321 e. The van der Waals surface area contributed by atoms with Crippen molar-refractivity contribution in [2.75, 3.05) is 24.2 Å². The predicted octanol–water partition coefficient (Wildman–Crippen LogP) is 2.14. The van der Waals surface area contributed by atoms with E-state index in [9.17, 15) is 14.7 Å². The van der Waals surface area contributed by atoms with Gasteiger partial charge in [-0.05, 0) is 17.9 Å². The Hall–Kier alpha value is -1.69. The molecule has 0 aliphatic carbocycles. The number of para-hydroxylation sites is 1. The van der Waals surface area contributed by atoms with Crippen molar-refractivity contribution in [3.8, 4) is 0 Å². The van der Waals surface area contributed by atoms with Crippen LogP contribution in [0.2, 0.25) is 0 Å². The summed E-state index contributed by atoms with van der Waals surface area (Å²) in [6.45, 7) is 2.79. The van der Waals surface area contributed by atoms with Crippen LogP contribution in [-0.4, -0.2) is 41.7 Å². The monoisotopic (exact) mass is 294 g/mol. The van der Waals surface area contributed by atoms with Gasteiger partial charge in [-0.25, -0.2) is 4.79 Å². The molecule has 0 radical (unpaired) electrons. The number of carbonyl (C=O) groups excluding carboxylic acids is 1. The fourth-order valence-electron chi connectivity index (χ4n) is 2.22. The zero-order valence-corrected chi connectivity index (χ0v) is 12.3. The van der Waals surface area contributed by atoms with Crippen LogP contribution in [0.25, 0.3) is 0 Å². The summed E-state index contributed by atoms with van der Waals surface area (Å²) >= 11 is 1.67. The van der Waals surface area contributed by atoms with Gasteiger partial charge < -0.3 is 10.4 Å². The third kappa shape index (κ3) is 2.90. The third-order valence-electron chi connectivity index (χ3n) is 3.45. The number of amides is 2. The molecule has 20 heavy (non-hydrogen) atoms. The van der Waals surface area contributed by atoms with Crippen molar-refractivity contribution >= 4 is 29.4 Å². The number of benzene rings is 1. The molecule has 2 unspecified atom stereocenters. The van der Waals surface area contributed by atoms with Crippen LogP contribution in [0.1, 0.15) is 18.4 Å². The van der Waals surface area contributed by atoms with Gasteiger partial charge in [-0.3, -0.25) is 9.69 Å². The molecule has 0 saturated heterocycles. The molecule has 108 valence electrons. The van der Waals surface area contributed by atoms with Gasteiger partial charge in [0, 0.05) is 24.0 Å². The molecule has 0 saturated carbocycles. The minimum Gasteiger partial charge on any atom is -0.481 e. The first-order valence-corrected chi connectivity index (χ1v) is 7.73. The Bertz CT molecular complexity index is 521. The minimum absolute atomic E-state index is 0.189. The van der Waals surface area contributed by atoms with Crippen LogP contribution in [0, 0.1) is 0 Å². The number of nitrogens with zero attached hydrogens (tertiary/aromatic N) is 1. The lowest BCUT2D eigenvalue weighted by molar-refractivity contribution is -0.138. The van der Waals surface area contributed by atoms with Crippen LogP contribution in [0.4, 0.5) is 10.5 Å². The van der Waals surface area contributed by atoms with Gasteiger partial charge >= 0.3 is 12.0 Å². The van der Waals surface area contributed by atoms with Gasteiger partial charge in [-0.2, -0.15) is 11.8 Å². The average Bonchev–Trinajstić information content (AvgIpc) is 2.84. The molecule has 1 aliphatic heterocycles. The highest BCUT2D eigenvalue weighted by molar-refractivity contribution is 7.99. The highest BCUT2D eigenvalue weighted by Crippen LogP contribution is 2.36. The van der Waals surface area contributed by atoms with Gasteiger partial charge in [0.25, 0.3) is 0 Å². The molecular weight excluding hydrogens is 276 g/mol. The zero-order valence-electron chi connectivity index (χ0n) is 11.5. The van der Waals surface area contributed by atoms with Gasteiger partial charge in [-0.15, -0.1) is 0 Å². The second kappa shape index (κ2) is 6.17. The Balaban J connectivity index is 2.14. The maximum atomic E-state index is 12.2. The summed E-state index contributed by atoms with van der Waals surface area (Å²) in [4.78, 5) is 25.0. The van der Waals surface area contributed by atoms with Crippen molar-refractivity contribution in [1.29, 1.82) is 0 Å².